The molecule has 0 atom stereocenters. The molecule has 2 aromatic carbocycles. The highest BCUT2D eigenvalue weighted by Gasteiger charge is 2.18. The highest BCUT2D eigenvalue weighted by atomic mass is 32.2. The van der Waals surface area contributed by atoms with Crippen LogP contribution in [-0.4, -0.2) is 38.9 Å². The van der Waals surface area contributed by atoms with Crippen LogP contribution < -0.4 is 14.2 Å². The summed E-state index contributed by atoms with van der Waals surface area (Å²) < 4.78 is 51.3. The first kappa shape index (κ1) is 21.7. The van der Waals surface area contributed by atoms with E-state index in [9.17, 15) is 12.8 Å². The number of hydrogen-bond acceptors (Lipinski definition) is 6. The van der Waals surface area contributed by atoms with Gasteiger partial charge in [-0.2, -0.15) is 0 Å². The number of hydrogen-bond donors (Lipinski definition) is 1. The third-order valence-corrected chi connectivity index (χ3v) is 6.01. The molecule has 0 unspecified atom stereocenters. The fourth-order valence-corrected chi connectivity index (χ4v) is 4.18. The molecule has 0 saturated heterocycles. The lowest BCUT2D eigenvalue weighted by Crippen LogP contribution is -2.29. The van der Waals surface area contributed by atoms with Crippen molar-refractivity contribution in [2.75, 3.05) is 20.3 Å². The van der Waals surface area contributed by atoms with E-state index in [0.29, 0.717) is 17.0 Å². The Labute approximate surface area is 174 Å². The maximum absolute atomic E-state index is 13.0. The molecule has 0 aliphatic heterocycles. The first-order chi connectivity index (χ1) is 14.3. The zero-order valence-corrected chi connectivity index (χ0v) is 17.7. The molecule has 0 bridgehead atoms. The Morgan fingerprint density at radius 1 is 1.00 bits per heavy atom. The second-order valence-electron chi connectivity index (χ2n) is 6.60. The number of aryl methyl sites for hydroxylation is 2. The largest absolute Gasteiger partial charge is 0.496 e. The van der Waals surface area contributed by atoms with E-state index >= 15 is 0 Å². The van der Waals surface area contributed by atoms with E-state index < -0.39 is 10.0 Å². The second-order valence-corrected chi connectivity index (χ2v) is 8.33. The van der Waals surface area contributed by atoms with Crippen LogP contribution in [0.2, 0.25) is 0 Å². The van der Waals surface area contributed by atoms with E-state index in [2.05, 4.69) is 14.9 Å². The molecule has 158 valence electrons. The lowest BCUT2D eigenvalue weighted by Gasteiger charge is -2.13. The summed E-state index contributed by atoms with van der Waals surface area (Å²) >= 11 is 0. The van der Waals surface area contributed by atoms with Gasteiger partial charge in [-0.1, -0.05) is 0 Å². The summed E-state index contributed by atoms with van der Waals surface area (Å²) in [5.41, 5.74) is 2.63. The number of halogens is 1. The molecule has 0 fully saturated rings. The number of benzene rings is 2. The van der Waals surface area contributed by atoms with Crippen LogP contribution in [0.3, 0.4) is 0 Å². The van der Waals surface area contributed by atoms with Crippen LogP contribution in [0.25, 0.3) is 11.3 Å². The fourth-order valence-electron chi connectivity index (χ4n) is 2.85. The topological polar surface area (TPSA) is 90.4 Å². The summed E-state index contributed by atoms with van der Waals surface area (Å²) in [6.07, 6.45) is 0. The van der Waals surface area contributed by atoms with Gasteiger partial charge in [-0.05, 0) is 67.4 Å². The second kappa shape index (κ2) is 9.19. The number of nitrogens with zero attached hydrogens (tertiary/aromatic N) is 2. The molecular formula is C21H22FN3O4S. The van der Waals surface area contributed by atoms with Crippen molar-refractivity contribution in [3.63, 3.8) is 0 Å². The summed E-state index contributed by atoms with van der Waals surface area (Å²) in [6, 6.07) is 12.5. The van der Waals surface area contributed by atoms with Crippen molar-refractivity contribution in [1.29, 1.82) is 0 Å². The molecule has 7 nitrogen and oxygen atoms in total. The highest BCUT2D eigenvalue weighted by Crippen LogP contribution is 2.25. The Kier molecular flexibility index (Phi) is 6.63. The average Bonchev–Trinajstić information content (AvgIpc) is 2.73. The van der Waals surface area contributed by atoms with Crippen LogP contribution in [0, 0.1) is 19.7 Å². The summed E-state index contributed by atoms with van der Waals surface area (Å²) in [5.74, 6) is 0.572. The SMILES string of the molecule is COc1cc(C)c(S(=O)(=O)NCCOc2ccc(-c3ccc(F)cc3)nn2)cc1C. The van der Waals surface area contributed by atoms with E-state index in [1.165, 1.54) is 12.1 Å². The number of rotatable bonds is 8. The van der Waals surface area contributed by atoms with Gasteiger partial charge >= 0.3 is 0 Å². The lowest BCUT2D eigenvalue weighted by molar-refractivity contribution is 0.307. The first-order valence-corrected chi connectivity index (χ1v) is 10.7. The Balaban J connectivity index is 1.56. The molecule has 9 heteroatoms. The molecule has 0 saturated carbocycles. The van der Waals surface area contributed by atoms with Crippen LogP contribution in [0.5, 0.6) is 11.6 Å². The van der Waals surface area contributed by atoms with Gasteiger partial charge in [0.2, 0.25) is 15.9 Å². The fraction of sp³-hybridized carbons (Fsp3) is 0.238. The van der Waals surface area contributed by atoms with Crippen molar-refractivity contribution in [3.05, 3.63) is 65.5 Å². The quantitative estimate of drug-likeness (QED) is 0.551. The van der Waals surface area contributed by atoms with Gasteiger partial charge in [0, 0.05) is 18.2 Å². The van der Waals surface area contributed by atoms with Gasteiger partial charge in [0.25, 0.3) is 0 Å². The van der Waals surface area contributed by atoms with Crippen molar-refractivity contribution in [3.8, 4) is 22.9 Å². The molecule has 3 rings (SSSR count). The van der Waals surface area contributed by atoms with Crippen molar-refractivity contribution in [2.24, 2.45) is 0 Å². The third-order valence-electron chi connectivity index (χ3n) is 4.41. The summed E-state index contributed by atoms with van der Waals surface area (Å²) in [6.45, 7) is 3.65. The van der Waals surface area contributed by atoms with E-state index in [-0.39, 0.29) is 29.7 Å². The third kappa shape index (κ3) is 5.11. The maximum Gasteiger partial charge on any atom is 0.240 e. The van der Waals surface area contributed by atoms with Gasteiger partial charge in [-0.15, -0.1) is 10.2 Å². The predicted octanol–water partition coefficient (Wildman–Crippen LogP) is 3.27. The van der Waals surface area contributed by atoms with Crippen LogP contribution in [-0.2, 0) is 10.0 Å². The molecule has 1 N–H and O–H groups in total. The highest BCUT2D eigenvalue weighted by molar-refractivity contribution is 7.89. The number of aromatic nitrogens is 2. The van der Waals surface area contributed by atoms with Crippen LogP contribution >= 0.6 is 0 Å². The van der Waals surface area contributed by atoms with Crippen LogP contribution in [0.15, 0.2) is 53.4 Å². The van der Waals surface area contributed by atoms with Gasteiger partial charge < -0.3 is 9.47 Å². The van der Waals surface area contributed by atoms with Gasteiger partial charge in [0.15, 0.2) is 0 Å². The summed E-state index contributed by atoms with van der Waals surface area (Å²) in [4.78, 5) is 0.198. The minimum Gasteiger partial charge on any atom is -0.496 e. The number of ether oxygens (including phenoxy) is 2. The predicted molar refractivity (Wildman–Crippen MR) is 111 cm³/mol. The summed E-state index contributed by atoms with van der Waals surface area (Å²) in [7, 11) is -2.15. The Hall–Kier alpha value is -3.04. The molecular weight excluding hydrogens is 409 g/mol. The maximum atomic E-state index is 13.0. The van der Waals surface area contributed by atoms with Crippen molar-refractivity contribution in [1.82, 2.24) is 14.9 Å². The number of sulfonamides is 1. The van der Waals surface area contributed by atoms with Gasteiger partial charge in [0.1, 0.15) is 18.2 Å². The molecule has 0 radical (unpaired) electrons. The first-order valence-electron chi connectivity index (χ1n) is 9.17. The average molecular weight is 431 g/mol. The monoisotopic (exact) mass is 431 g/mol. The molecule has 0 aliphatic rings. The Bertz CT molecular complexity index is 1120. The molecule has 0 amide bonds. The molecule has 1 heterocycles. The smallest absolute Gasteiger partial charge is 0.240 e. The van der Waals surface area contributed by atoms with Crippen molar-refractivity contribution in [2.45, 2.75) is 18.7 Å². The van der Waals surface area contributed by atoms with E-state index in [4.69, 9.17) is 9.47 Å². The van der Waals surface area contributed by atoms with Gasteiger partial charge in [-0.3, -0.25) is 0 Å². The summed E-state index contributed by atoms with van der Waals surface area (Å²) in [5, 5.41) is 8.00. The lowest BCUT2D eigenvalue weighted by atomic mass is 10.1. The molecule has 30 heavy (non-hydrogen) atoms. The standard InChI is InChI=1S/C21H22FN3O4S/c1-14-13-20(15(2)12-19(14)28-3)30(26,27)23-10-11-29-21-9-8-18(24-25-21)16-4-6-17(22)7-5-16/h4-9,12-13,23H,10-11H2,1-3H3. The number of methoxy groups -OCH3 is 1. The minimum atomic E-state index is -3.69. The van der Waals surface area contributed by atoms with Crippen LogP contribution in [0.4, 0.5) is 4.39 Å². The van der Waals surface area contributed by atoms with Gasteiger partial charge in [0.05, 0.1) is 17.7 Å². The molecule has 0 spiro atoms. The van der Waals surface area contributed by atoms with E-state index in [1.54, 1.807) is 57.4 Å². The Morgan fingerprint density at radius 2 is 1.73 bits per heavy atom. The van der Waals surface area contributed by atoms with Crippen LogP contribution in [0.1, 0.15) is 11.1 Å². The molecule has 0 aliphatic carbocycles. The van der Waals surface area contributed by atoms with E-state index in [1.807, 2.05) is 0 Å². The molecule has 1 aromatic heterocycles. The van der Waals surface area contributed by atoms with Crippen molar-refractivity contribution >= 4 is 10.0 Å². The van der Waals surface area contributed by atoms with E-state index in [0.717, 1.165) is 11.1 Å². The minimum absolute atomic E-state index is 0.0637. The molecule has 3 aromatic rings. The zero-order valence-electron chi connectivity index (χ0n) is 16.8. The van der Waals surface area contributed by atoms with Gasteiger partial charge in [-0.25, -0.2) is 17.5 Å². The zero-order chi connectivity index (χ0) is 21.7. The normalized spacial score (nSPS) is 11.3. The Morgan fingerprint density at radius 3 is 2.37 bits per heavy atom. The number of nitrogens with one attached hydrogen (secondary N) is 1. The van der Waals surface area contributed by atoms with Crippen molar-refractivity contribution < 1.29 is 22.3 Å².